The number of hydrogen-bond acceptors (Lipinski definition) is 1. The van der Waals surface area contributed by atoms with E-state index in [1.807, 2.05) is 7.05 Å². The van der Waals surface area contributed by atoms with Crippen LogP contribution in [-0.4, -0.2) is 18.3 Å². The number of nitrogens with zero attached hydrogens (tertiary/aromatic N) is 1. The predicted octanol–water partition coefficient (Wildman–Crippen LogP) is 3.00. The van der Waals surface area contributed by atoms with Crippen LogP contribution in [0, 0.1) is 0 Å². The van der Waals surface area contributed by atoms with Crippen molar-refractivity contribution < 1.29 is 0 Å². The lowest BCUT2D eigenvalue weighted by Gasteiger charge is -2.07. The lowest BCUT2D eigenvalue weighted by molar-refractivity contribution is 0.617. The van der Waals surface area contributed by atoms with Gasteiger partial charge in [-0.1, -0.05) is 22.7 Å². The Hall–Kier alpha value is -0.0900. The molecule has 0 aliphatic carbocycles. The van der Waals surface area contributed by atoms with Crippen LogP contribution < -0.4 is 0 Å². The van der Waals surface area contributed by atoms with Gasteiger partial charge in [0.05, 0.1) is 0 Å². The fraction of sp³-hybridized carbons (Fsp3) is 0.700. The Labute approximate surface area is 78.8 Å². The average Bonchev–Trinajstić information content (AvgIpc) is 1.84. The zero-order valence-electron chi connectivity index (χ0n) is 8.65. The first-order valence-corrected chi connectivity index (χ1v) is 4.95. The highest BCUT2D eigenvalue weighted by Gasteiger charge is 1.91. The van der Waals surface area contributed by atoms with Gasteiger partial charge in [-0.15, -0.1) is 5.73 Å². The van der Waals surface area contributed by atoms with Crippen molar-refractivity contribution in [1.82, 2.24) is 4.67 Å². The molecule has 0 radical (unpaired) electrons. The molecule has 0 bridgehead atoms. The van der Waals surface area contributed by atoms with E-state index in [1.165, 1.54) is 17.6 Å². The van der Waals surface area contributed by atoms with Gasteiger partial charge in [0.25, 0.3) is 0 Å². The van der Waals surface area contributed by atoms with Gasteiger partial charge < -0.3 is 0 Å². The third-order valence-electron chi connectivity index (χ3n) is 1.54. The van der Waals surface area contributed by atoms with E-state index in [0.717, 1.165) is 13.0 Å². The maximum absolute atomic E-state index is 3.39. The first kappa shape index (κ1) is 11.9. The van der Waals surface area contributed by atoms with Gasteiger partial charge >= 0.3 is 0 Å². The van der Waals surface area contributed by atoms with E-state index in [4.69, 9.17) is 0 Å². The zero-order valence-corrected chi connectivity index (χ0v) is 9.80. The van der Waals surface area contributed by atoms with Crippen LogP contribution in [0.3, 0.4) is 0 Å². The molecule has 0 heterocycles. The van der Waals surface area contributed by atoms with Gasteiger partial charge in [0.15, 0.2) is 0 Å². The number of hydrogen-bond donors (Lipinski definition) is 0. The second kappa shape index (κ2) is 6.43. The quantitative estimate of drug-likeness (QED) is 0.480. The van der Waals surface area contributed by atoms with Crippen molar-refractivity contribution in [3.63, 3.8) is 0 Å². The Morgan fingerprint density at radius 1 is 1.33 bits per heavy atom. The summed E-state index contributed by atoms with van der Waals surface area (Å²) in [6.07, 6.45) is 2.38. The molecule has 12 heavy (non-hydrogen) atoms. The molecular weight excluding hydrogens is 165 g/mol. The molecule has 0 amide bonds. The topological polar surface area (TPSA) is 3.24 Å². The minimum absolute atomic E-state index is 0.978. The second-order valence-electron chi connectivity index (χ2n) is 3.35. The Bertz CT molecular complexity index is 188. The molecule has 0 rings (SSSR count). The van der Waals surface area contributed by atoms with Crippen LogP contribution in [0.4, 0.5) is 0 Å². The normalized spacial score (nSPS) is 9.83. The minimum atomic E-state index is 0.978. The molecule has 0 aromatic carbocycles. The van der Waals surface area contributed by atoms with Gasteiger partial charge in [-0.2, -0.15) is 0 Å². The third-order valence-corrected chi connectivity index (χ3v) is 1.72. The van der Waals surface area contributed by atoms with Crippen molar-refractivity contribution in [3.8, 4) is 0 Å². The van der Waals surface area contributed by atoms with E-state index in [0.29, 0.717) is 0 Å². The summed E-state index contributed by atoms with van der Waals surface area (Å²) in [5, 5.41) is 0. The van der Waals surface area contributed by atoms with E-state index < -0.39 is 0 Å². The molecule has 0 aliphatic heterocycles. The molecule has 0 fully saturated rings. The first-order chi connectivity index (χ1) is 5.56. The van der Waals surface area contributed by atoms with E-state index >= 15 is 0 Å². The van der Waals surface area contributed by atoms with E-state index in [2.05, 4.69) is 40.6 Å². The molecule has 1 nitrogen and oxygen atoms in total. The van der Waals surface area contributed by atoms with E-state index in [-0.39, 0.29) is 0 Å². The van der Waals surface area contributed by atoms with E-state index in [1.54, 1.807) is 0 Å². The highest BCUT2D eigenvalue weighted by molar-refractivity contribution is 7.13. The second-order valence-corrected chi connectivity index (χ2v) is 4.23. The van der Waals surface area contributed by atoms with Crippen LogP contribution in [-0.2, 0) is 0 Å². The molecule has 0 aromatic rings. The molecule has 70 valence electrons. The molecule has 1 unspecified atom stereocenters. The number of likely N-dealkylation sites (N-methyl/N-ethyl adjacent to an activating group) is 1. The van der Waals surface area contributed by atoms with Gasteiger partial charge in [0.2, 0.25) is 0 Å². The molecule has 0 saturated carbocycles. The summed E-state index contributed by atoms with van der Waals surface area (Å²) >= 11 is 0. The predicted molar refractivity (Wildman–Crippen MR) is 59.1 cm³/mol. The molecule has 0 spiro atoms. The summed E-state index contributed by atoms with van der Waals surface area (Å²) in [5.41, 5.74) is 6.06. The van der Waals surface area contributed by atoms with Gasteiger partial charge in [-0.3, -0.25) is 4.67 Å². The summed E-state index contributed by atoms with van der Waals surface area (Å²) in [4.78, 5) is 0. The Kier molecular flexibility index (Phi) is 6.38. The third kappa shape index (κ3) is 6.61. The van der Waals surface area contributed by atoms with Crippen molar-refractivity contribution in [2.45, 2.75) is 33.6 Å². The van der Waals surface area contributed by atoms with Crippen molar-refractivity contribution in [2.75, 3.05) is 13.6 Å². The van der Waals surface area contributed by atoms with Crippen LogP contribution in [0.15, 0.2) is 16.9 Å². The van der Waals surface area contributed by atoms with Crippen molar-refractivity contribution in [3.05, 3.63) is 16.9 Å². The first-order valence-electron chi connectivity index (χ1n) is 4.44. The van der Waals surface area contributed by atoms with Crippen molar-refractivity contribution >= 4 is 9.39 Å². The summed E-state index contributed by atoms with van der Waals surface area (Å²) in [5.74, 6) is 0. The van der Waals surface area contributed by atoms with Gasteiger partial charge in [-0.25, -0.2) is 0 Å². The van der Waals surface area contributed by atoms with Crippen LogP contribution in [0.25, 0.3) is 0 Å². The summed E-state index contributed by atoms with van der Waals surface area (Å²) in [6.45, 7) is 7.45. The fourth-order valence-corrected chi connectivity index (χ4v) is 1.49. The summed E-state index contributed by atoms with van der Waals surface area (Å²) in [6, 6.07) is 0. The Balaban J connectivity index is 4.19. The smallest absolute Gasteiger partial charge is 0.0296 e. The summed E-state index contributed by atoms with van der Waals surface area (Å²) < 4.78 is 2.08. The van der Waals surface area contributed by atoms with Crippen LogP contribution >= 0.6 is 9.39 Å². The van der Waals surface area contributed by atoms with Crippen LogP contribution in [0.2, 0.25) is 0 Å². The lowest BCUT2D eigenvalue weighted by atomic mass is 10.1. The molecular formula is C10H20NP. The number of rotatable bonds is 4. The fourth-order valence-electron chi connectivity index (χ4n) is 1.22. The monoisotopic (exact) mass is 185 g/mol. The van der Waals surface area contributed by atoms with Crippen LogP contribution in [0.5, 0.6) is 0 Å². The Morgan fingerprint density at radius 3 is 2.33 bits per heavy atom. The standard InChI is InChI=1S/C10H20NP/c1-5-6-9(2)7-10(3)8-11(4)12/h5-6,8,12H2,1-4H3. The highest BCUT2D eigenvalue weighted by Crippen LogP contribution is 2.04. The van der Waals surface area contributed by atoms with Crippen molar-refractivity contribution in [1.29, 1.82) is 0 Å². The lowest BCUT2D eigenvalue weighted by Crippen LogP contribution is -2.05. The Morgan fingerprint density at radius 2 is 1.92 bits per heavy atom. The molecule has 1 atom stereocenters. The minimum Gasteiger partial charge on any atom is -0.286 e. The van der Waals surface area contributed by atoms with Gasteiger partial charge in [0.1, 0.15) is 0 Å². The van der Waals surface area contributed by atoms with E-state index in [9.17, 15) is 0 Å². The molecule has 0 aliphatic rings. The average molecular weight is 185 g/mol. The maximum atomic E-state index is 3.39. The SMILES string of the molecule is CCCC(C)=C=C(C)CN(C)P. The molecule has 2 heteroatoms. The van der Waals surface area contributed by atoms with Crippen LogP contribution in [0.1, 0.15) is 33.6 Å². The highest BCUT2D eigenvalue weighted by atomic mass is 31.0. The molecule has 0 aromatic heterocycles. The zero-order chi connectivity index (χ0) is 9.56. The maximum Gasteiger partial charge on any atom is 0.0296 e. The van der Waals surface area contributed by atoms with Gasteiger partial charge in [-0.05, 0) is 38.5 Å². The molecule has 0 N–H and O–H groups in total. The van der Waals surface area contributed by atoms with Crippen molar-refractivity contribution in [2.24, 2.45) is 0 Å². The summed E-state index contributed by atoms with van der Waals surface area (Å²) in [7, 11) is 4.70. The molecule has 0 saturated heterocycles. The largest absolute Gasteiger partial charge is 0.286 e. The van der Waals surface area contributed by atoms with Gasteiger partial charge in [0, 0.05) is 6.54 Å².